The van der Waals surface area contributed by atoms with Crippen molar-refractivity contribution >= 4 is 23.2 Å². The van der Waals surface area contributed by atoms with E-state index in [-0.39, 0.29) is 5.97 Å². The number of anilines is 3. The number of aromatic amines is 1. The zero-order valence-corrected chi connectivity index (χ0v) is 13.1. The minimum absolute atomic E-state index is 0.364. The molecule has 0 aliphatic heterocycles. The van der Waals surface area contributed by atoms with Crippen LogP contribution in [0.2, 0.25) is 0 Å². The largest absolute Gasteiger partial charge is 0.465 e. The number of hydrogen-bond donors (Lipinski definition) is 3. The Balaban J connectivity index is 1.65. The molecule has 0 fully saturated rings. The van der Waals surface area contributed by atoms with Crippen molar-refractivity contribution < 1.29 is 9.53 Å². The number of carbonyl (C=O) groups excluding carboxylic acids is 1. The topological polar surface area (TPSA) is 93.0 Å². The fourth-order valence-corrected chi connectivity index (χ4v) is 3.03. The highest BCUT2D eigenvalue weighted by Crippen LogP contribution is 2.40. The molecular formula is C18H16N4O2. The second-order valence-electron chi connectivity index (χ2n) is 5.72. The monoisotopic (exact) mass is 320 g/mol. The van der Waals surface area contributed by atoms with Crippen molar-refractivity contribution in [2.24, 2.45) is 0 Å². The summed E-state index contributed by atoms with van der Waals surface area (Å²) >= 11 is 0. The predicted octanol–water partition coefficient (Wildman–Crippen LogP) is 3.09. The minimum atomic E-state index is -0.364. The van der Waals surface area contributed by atoms with Crippen LogP contribution in [0.5, 0.6) is 0 Å². The number of H-pyrrole nitrogens is 1. The van der Waals surface area contributed by atoms with Gasteiger partial charge in [0.1, 0.15) is 5.82 Å². The quantitative estimate of drug-likeness (QED) is 0.398. The molecule has 0 saturated carbocycles. The number of nitrogen functional groups attached to an aromatic ring is 1. The van der Waals surface area contributed by atoms with Crippen LogP contribution in [0, 0.1) is 0 Å². The summed E-state index contributed by atoms with van der Waals surface area (Å²) in [5.41, 5.74) is 12.2. The van der Waals surface area contributed by atoms with Gasteiger partial charge in [0.2, 0.25) is 0 Å². The average Bonchev–Trinajstić information content (AvgIpc) is 3.13. The Hall–Kier alpha value is -3.28. The molecule has 4 N–H and O–H groups in total. The van der Waals surface area contributed by atoms with Gasteiger partial charge in [-0.2, -0.15) is 5.10 Å². The van der Waals surface area contributed by atoms with E-state index in [0.717, 1.165) is 40.4 Å². The van der Waals surface area contributed by atoms with Gasteiger partial charge in [0.05, 0.1) is 18.4 Å². The van der Waals surface area contributed by atoms with Gasteiger partial charge in [-0.25, -0.2) is 4.79 Å². The van der Waals surface area contributed by atoms with E-state index in [4.69, 9.17) is 10.5 Å². The molecule has 0 amide bonds. The summed E-state index contributed by atoms with van der Waals surface area (Å²) < 4.78 is 4.76. The molecule has 3 aromatic rings. The molecule has 0 radical (unpaired) electrons. The highest BCUT2D eigenvalue weighted by atomic mass is 16.5. The number of rotatable bonds is 3. The van der Waals surface area contributed by atoms with Gasteiger partial charge in [-0.15, -0.1) is 0 Å². The number of esters is 1. The molecule has 0 saturated heterocycles. The first-order valence-corrected chi connectivity index (χ1v) is 7.57. The zero-order valence-electron chi connectivity index (χ0n) is 13.1. The maximum Gasteiger partial charge on any atom is 0.337 e. The third-order valence-electron chi connectivity index (χ3n) is 4.17. The number of methoxy groups -OCH3 is 1. The second kappa shape index (κ2) is 5.42. The van der Waals surface area contributed by atoms with Gasteiger partial charge in [0.15, 0.2) is 0 Å². The number of aromatic nitrogens is 2. The lowest BCUT2D eigenvalue weighted by Crippen LogP contribution is -2.02. The smallest absolute Gasteiger partial charge is 0.337 e. The summed E-state index contributed by atoms with van der Waals surface area (Å²) in [6.45, 7) is 0. The summed E-state index contributed by atoms with van der Waals surface area (Å²) in [5.74, 6) is 0.457. The van der Waals surface area contributed by atoms with Crippen LogP contribution >= 0.6 is 0 Å². The summed E-state index contributed by atoms with van der Waals surface area (Å²) in [7, 11) is 1.37. The van der Waals surface area contributed by atoms with Gasteiger partial charge in [0, 0.05) is 28.9 Å². The van der Waals surface area contributed by atoms with Crippen molar-refractivity contribution in [3.05, 3.63) is 59.2 Å². The Bertz CT molecular complexity index is 946. The number of nitrogens with two attached hydrogens (primary N) is 1. The lowest BCUT2D eigenvalue weighted by molar-refractivity contribution is 0.0601. The third kappa shape index (κ3) is 2.28. The number of nitrogens with one attached hydrogen (secondary N) is 2. The minimum Gasteiger partial charge on any atom is -0.465 e. The van der Waals surface area contributed by atoms with Crippen molar-refractivity contribution in [3.8, 4) is 11.3 Å². The summed E-state index contributed by atoms with van der Waals surface area (Å²) in [6.07, 6.45) is 0.769. The normalized spacial score (nSPS) is 11.7. The van der Waals surface area contributed by atoms with E-state index in [1.165, 1.54) is 12.7 Å². The van der Waals surface area contributed by atoms with Crippen LogP contribution in [0.3, 0.4) is 0 Å². The van der Waals surface area contributed by atoms with Crippen molar-refractivity contribution in [1.29, 1.82) is 0 Å². The zero-order chi connectivity index (χ0) is 16.7. The van der Waals surface area contributed by atoms with Gasteiger partial charge in [-0.1, -0.05) is 12.1 Å². The van der Waals surface area contributed by atoms with E-state index in [1.54, 1.807) is 18.2 Å². The van der Waals surface area contributed by atoms with Crippen LogP contribution in [0.1, 0.15) is 21.5 Å². The molecular weight excluding hydrogens is 304 g/mol. The van der Waals surface area contributed by atoms with Crippen molar-refractivity contribution in [2.45, 2.75) is 6.42 Å². The Kier molecular flexibility index (Phi) is 3.23. The average molecular weight is 320 g/mol. The highest BCUT2D eigenvalue weighted by molar-refractivity contribution is 5.91. The Labute approximate surface area is 138 Å². The lowest BCUT2D eigenvalue weighted by atomic mass is 10.1. The lowest BCUT2D eigenvalue weighted by Gasteiger charge is -2.07. The molecule has 2 aromatic carbocycles. The molecule has 0 bridgehead atoms. The van der Waals surface area contributed by atoms with E-state index in [2.05, 4.69) is 15.5 Å². The van der Waals surface area contributed by atoms with E-state index < -0.39 is 0 Å². The summed E-state index contributed by atoms with van der Waals surface area (Å²) in [5, 5.41) is 10.7. The van der Waals surface area contributed by atoms with Gasteiger partial charge in [0.25, 0.3) is 0 Å². The molecule has 1 aliphatic carbocycles. The highest BCUT2D eigenvalue weighted by Gasteiger charge is 2.25. The Morgan fingerprint density at radius 3 is 3.00 bits per heavy atom. The summed E-state index contributed by atoms with van der Waals surface area (Å²) in [4.78, 5) is 11.7. The summed E-state index contributed by atoms with van der Waals surface area (Å²) in [6, 6.07) is 13.0. The van der Waals surface area contributed by atoms with Crippen LogP contribution in [-0.2, 0) is 11.2 Å². The first-order valence-electron chi connectivity index (χ1n) is 7.57. The van der Waals surface area contributed by atoms with Crippen LogP contribution in [0.4, 0.5) is 17.2 Å². The third-order valence-corrected chi connectivity index (χ3v) is 4.17. The first-order chi connectivity index (χ1) is 11.7. The number of hydrogen-bond acceptors (Lipinski definition) is 5. The molecule has 24 heavy (non-hydrogen) atoms. The van der Waals surface area contributed by atoms with Gasteiger partial charge < -0.3 is 15.8 Å². The second-order valence-corrected chi connectivity index (χ2v) is 5.72. The van der Waals surface area contributed by atoms with Gasteiger partial charge in [-0.3, -0.25) is 5.10 Å². The first kappa shape index (κ1) is 14.3. The predicted molar refractivity (Wildman–Crippen MR) is 92.3 cm³/mol. The van der Waals surface area contributed by atoms with E-state index in [1.807, 2.05) is 24.3 Å². The van der Waals surface area contributed by atoms with Gasteiger partial charge >= 0.3 is 5.97 Å². The molecule has 120 valence electrons. The number of fused-ring (bicyclic) bond motifs is 3. The molecule has 4 rings (SSSR count). The molecule has 1 aromatic heterocycles. The van der Waals surface area contributed by atoms with Crippen LogP contribution in [-0.4, -0.2) is 23.3 Å². The standard InChI is InChI=1S/C18H16N4O2/c1-24-18(23)10-3-2-4-13(8-10)20-17-15-9-11-7-12(19)5-6-14(11)16(15)21-22-17/h2-8H,9,19H2,1H3,(H2,20,21,22). The maximum atomic E-state index is 11.7. The Morgan fingerprint density at radius 2 is 2.17 bits per heavy atom. The van der Waals surface area contributed by atoms with Crippen molar-refractivity contribution in [1.82, 2.24) is 10.2 Å². The fourth-order valence-electron chi connectivity index (χ4n) is 3.03. The van der Waals surface area contributed by atoms with Crippen LogP contribution in [0.25, 0.3) is 11.3 Å². The van der Waals surface area contributed by atoms with Crippen molar-refractivity contribution in [3.63, 3.8) is 0 Å². The number of nitrogens with zero attached hydrogens (tertiary/aromatic N) is 1. The molecule has 0 unspecified atom stereocenters. The SMILES string of the molecule is COC(=O)c1cccc(Nc2[nH]nc3c2Cc2cc(N)ccc2-3)c1. The maximum absolute atomic E-state index is 11.7. The van der Waals surface area contributed by atoms with E-state index in [9.17, 15) is 4.79 Å². The van der Waals surface area contributed by atoms with Crippen molar-refractivity contribution in [2.75, 3.05) is 18.2 Å². The molecule has 6 heteroatoms. The molecule has 6 nitrogen and oxygen atoms in total. The molecule has 1 aliphatic rings. The van der Waals surface area contributed by atoms with Crippen LogP contribution < -0.4 is 11.1 Å². The fraction of sp³-hybridized carbons (Fsp3) is 0.111. The molecule has 1 heterocycles. The molecule has 0 atom stereocenters. The Morgan fingerprint density at radius 1 is 1.29 bits per heavy atom. The van der Waals surface area contributed by atoms with E-state index in [0.29, 0.717) is 5.56 Å². The van der Waals surface area contributed by atoms with Gasteiger partial charge in [-0.05, 0) is 35.9 Å². The number of benzene rings is 2. The molecule has 0 spiro atoms. The number of carbonyl (C=O) groups is 1. The number of ether oxygens (including phenoxy) is 1. The van der Waals surface area contributed by atoms with E-state index >= 15 is 0 Å². The van der Waals surface area contributed by atoms with Crippen LogP contribution in [0.15, 0.2) is 42.5 Å².